The molecule has 0 unspecified atom stereocenters. The monoisotopic (exact) mass is 378 g/mol. The fourth-order valence-corrected chi connectivity index (χ4v) is 2.95. The van der Waals surface area contributed by atoms with Gasteiger partial charge in [0.05, 0.1) is 18.4 Å². The molecule has 0 aliphatic carbocycles. The standard InChI is InChI=1S/C20H23N7O/c1-14-17(18(28)27(26(14)3)16-12-8-5-9-13-16)25(2)20(22)24-19(21)23-15-10-6-4-7-11-15/h4-13H,1-3H3,(H4,21,22,23,24)/p+1. The summed E-state index contributed by atoms with van der Waals surface area (Å²) in [6.07, 6.45) is 0. The van der Waals surface area contributed by atoms with Crippen LogP contribution in [0.5, 0.6) is 0 Å². The third-order valence-electron chi connectivity index (χ3n) is 4.48. The molecular weight excluding hydrogens is 354 g/mol. The topological polar surface area (TPSA) is 106 Å². The molecule has 1 aromatic heterocycles. The van der Waals surface area contributed by atoms with E-state index in [-0.39, 0.29) is 17.5 Å². The molecule has 3 rings (SSSR count). The van der Waals surface area contributed by atoms with Gasteiger partial charge in [-0.2, -0.15) is 0 Å². The number of hydrogen-bond donors (Lipinski definition) is 3. The fourth-order valence-electron chi connectivity index (χ4n) is 2.95. The SMILES string of the molecule is Cc1c([N+](C)=C(N)N=C(N)Nc2ccccc2)c(=O)n(-c2ccccc2)n1C. The quantitative estimate of drug-likeness (QED) is 0.365. The number of anilines is 1. The number of guanidine groups is 2. The van der Waals surface area contributed by atoms with Crippen LogP contribution in [-0.4, -0.2) is 32.9 Å². The molecule has 8 heteroatoms. The third kappa shape index (κ3) is 3.66. The zero-order chi connectivity index (χ0) is 20.3. The van der Waals surface area contributed by atoms with Gasteiger partial charge in [-0.3, -0.25) is 15.2 Å². The van der Waals surface area contributed by atoms with Gasteiger partial charge in [0.25, 0.3) is 5.96 Å². The van der Waals surface area contributed by atoms with Crippen molar-refractivity contribution in [3.05, 3.63) is 76.7 Å². The normalized spacial score (nSPS) is 12.6. The van der Waals surface area contributed by atoms with Gasteiger partial charge in [-0.25, -0.2) is 9.26 Å². The van der Waals surface area contributed by atoms with Crippen molar-refractivity contribution in [3.63, 3.8) is 0 Å². The van der Waals surface area contributed by atoms with Crippen LogP contribution >= 0.6 is 0 Å². The molecule has 5 N–H and O–H groups in total. The van der Waals surface area contributed by atoms with Crippen LogP contribution in [0.4, 0.5) is 11.4 Å². The molecule has 0 atom stereocenters. The van der Waals surface area contributed by atoms with E-state index in [2.05, 4.69) is 10.3 Å². The number of aromatic nitrogens is 2. The van der Waals surface area contributed by atoms with Crippen molar-refractivity contribution in [2.45, 2.75) is 6.92 Å². The van der Waals surface area contributed by atoms with Gasteiger partial charge < -0.3 is 11.1 Å². The molecule has 1 heterocycles. The highest BCUT2D eigenvalue weighted by Crippen LogP contribution is 2.15. The largest absolute Gasteiger partial charge is 0.393 e. The van der Waals surface area contributed by atoms with Crippen molar-refractivity contribution in [1.82, 2.24) is 9.36 Å². The maximum atomic E-state index is 13.1. The molecule has 8 nitrogen and oxygen atoms in total. The van der Waals surface area contributed by atoms with E-state index in [1.807, 2.05) is 74.6 Å². The summed E-state index contributed by atoms with van der Waals surface area (Å²) in [7, 11) is 3.51. The van der Waals surface area contributed by atoms with Gasteiger partial charge in [-0.05, 0) is 36.2 Å². The van der Waals surface area contributed by atoms with Gasteiger partial charge in [0.15, 0.2) is 5.69 Å². The maximum absolute atomic E-state index is 13.1. The Morgan fingerprint density at radius 3 is 2.21 bits per heavy atom. The van der Waals surface area contributed by atoms with Crippen molar-refractivity contribution in [1.29, 1.82) is 0 Å². The molecule has 2 aromatic carbocycles. The van der Waals surface area contributed by atoms with Crippen LogP contribution in [0.2, 0.25) is 0 Å². The minimum Gasteiger partial charge on any atom is -0.355 e. The molecule has 0 radical (unpaired) electrons. The lowest BCUT2D eigenvalue weighted by atomic mass is 10.3. The van der Waals surface area contributed by atoms with E-state index < -0.39 is 0 Å². The minimum atomic E-state index is -0.193. The number of aliphatic imine (C=N–C) groups is 1. The number of para-hydroxylation sites is 2. The lowest BCUT2D eigenvalue weighted by Gasteiger charge is -2.07. The van der Waals surface area contributed by atoms with Crippen LogP contribution in [-0.2, 0) is 7.05 Å². The zero-order valence-corrected chi connectivity index (χ0v) is 16.1. The van der Waals surface area contributed by atoms with Gasteiger partial charge in [-0.15, -0.1) is 0 Å². The van der Waals surface area contributed by atoms with Crippen molar-refractivity contribution in [2.75, 3.05) is 12.4 Å². The van der Waals surface area contributed by atoms with Gasteiger partial charge >= 0.3 is 11.5 Å². The summed E-state index contributed by atoms with van der Waals surface area (Å²) in [6.45, 7) is 1.86. The summed E-state index contributed by atoms with van der Waals surface area (Å²) in [5, 5.41) is 2.96. The lowest BCUT2D eigenvalue weighted by Crippen LogP contribution is -2.31. The molecule has 0 spiro atoms. The molecule has 0 saturated heterocycles. The highest BCUT2D eigenvalue weighted by Gasteiger charge is 2.22. The lowest BCUT2D eigenvalue weighted by molar-refractivity contribution is -0.408. The second-order valence-electron chi connectivity index (χ2n) is 6.32. The smallest absolute Gasteiger partial charge is 0.355 e. The van der Waals surface area contributed by atoms with Crippen LogP contribution in [0, 0.1) is 6.92 Å². The summed E-state index contributed by atoms with van der Waals surface area (Å²) in [5.74, 6) is 0.236. The van der Waals surface area contributed by atoms with Crippen LogP contribution in [0.1, 0.15) is 5.69 Å². The predicted octanol–water partition coefficient (Wildman–Crippen LogP) is 1.50. The van der Waals surface area contributed by atoms with E-state index >= 15 is 0 Å². The molecular formula is C20H24N7O+. The van der Waals surface area contributed by atoms with Crippen molar-refractivity contribution < 1.29 is 4.58 Å². The first-order valence-electron chi connectivity index (χ1n) is 8.76. The van der Waals surface area contributed by atoms with Crippen molar-refractivity contribution in [3.8, 4) is 5.69 Å². The van der Waals surface area contributed by atoms with Crippen molar-refractivity contribution >= 4 is 23.3 Å². The highest BCUT2D eigenvalue weighted by atomic mass is 16.1. The van der Waals surface area contributed by atoms with Crippen LogP contribution < -0.4 is 22.3 Å². The van der Waals surface area contributed by atoms with E-state index in [1.54, 1.807) is 16.4 Å². The van der Waals surface area contributed by atoms with Gasteiger partial charge in [0.2, 0.25) is 0 Å². The Kier molecular flexibility index (Phi) is 5.30. The van der Waals surface area contributed by atoms with Crippen LogP contribution in [0.3, 0.4) is 0 Å². The van der Waals surface area contributed by atoms with Crippen molar-refractivity contribution in [2.24, 2.45) is 23.5 Å². The van der Waals surface area contributed by atoms with E-state index in [1.165, 1.54) is 4.58 Å². The molecule has 0 aliphatic heterocycles. The average Bonchev–Trinajstić information content (AvgIpc) is 2.91. The van der Waals surface area contributed by atoms with Crippen LogP contribution in [0.25, 0.3) is 5.69 Å². The van der Waals surface area contributed by atoms with Gasteiger partial charge in [0, 0.05) is 12.7 Å². The van der Waals surface area contributed by atoms with Gasteiger partial charge in [0.1, 0.15) is 0 Å². The molecule has 0 fully saturated rings. The summed E-state index contributed by atoms with van der Waals surface area (Å²) < 4.78 is 4.91. The number of nitrogens with zero attached hydrogens (tertiary/aromatic N) is 4. The van der Waals surface area contributed by atoms with Gasteiger partial charge in [-0.1, -0.05) is 36.4 Å². The summed E-state index contributed by atoms with van der Waals surface area (Å²) in [4.78, 5) is 17.3. The Labute approximate surface area is 163 Å². The average molecular weight is 378 g/mol. The first kappa shape index (κ1) is 19.0. The van der Waals surface area contributed by atoms with E-state index in [0.29, 0.717) is 5.69 Å². The first-order chi connectivity index (χ1) is 13.4. The highest BCUT2D eigenvalue weighted by molar-refractivity contribution is 5.99. The Morgan fingerprint density at radius 1 is 1.04 bits per heavy atom. The molecule has 0 amide bonds. The Bertz CT molecular complexity index is 1090. The first-order valence-corrected chi connectivity index (χ1v) is 8.76. The Morgan fingerprint density at radius 2 is 1.61 bits per heavy atom. The summed E-state index contributed by atoms with van der Waals surface area (Å²) in [6, 6.07) is 18.8. The maximum Gasteiger partial charge on any atom is 0.393 e. The molecule has 28 heavy (non-hydrogen) atoms. The number of nitrogens with two attached hydrogens (primary N) is 2. The summed E-state index contributed by atoms with van der Waals surface area (Å²) in [5.41, 5.74) is 14.6. The summed E-state index contributed by atoms with van der Waals surface area (Å²) >= 11 is 0. The van der Waals surface area contributed by atoms with E-state index in [0.717, 1.165) is 17.1 Å². The third-order valence-corrected chi connectivity index (χ3v) is 4.48. The van der Waals surface area contributed by atoms with E-state index in [9.17, 15) is 4.79 Å². The molecule has 3 aromatic rings. The molecule has 0 saturated carbocycles. The second kappa shape index (κ2) is 7.83. The zero-order valence-electron chi connectivity index (χ0n) is 16.1. The van der Waals surface area contributed by atoms with E-state index in [4.69, 9.17) is 11.5 Å². The Balaban J connectivity index is 2.01. The number of nitrogens with one attached hydrogen (secondary N) is 1. The fraction of sp³-hybridized carbons (Fsp3) is 0.150. The number of benzene rings is 2. The molecule has 0 bridgehead atoms. The second-order valence-corrected chi connectivity index (χ2v) is 6.32. The minimum absolute atomic E-state index is 0.104. The Hall–Kier alpha value is -3.81. The number of hydrogen-bond acceptors (Lipinski definition) is 1. The predicted molar refractivity (Wildman–Crippen MR) is 112 cm³/mol. The number of rotatable bonds is 3. The van der Waals surface area contributed by atoms with Crippen LogP contribution in [0.15, 0.2) is 70.5 Å². The molecule has 0 aliphatic rings. The molecule has 144 valence electrons.